The molecule has 138 valence electrons. The van der Waals surface area contributed by atoms with E-state index in [0.29, 0.717) is 5.56 Å². The highest BCUT2D eigenvalue weighted by atomic mass is 19.1. The van der Waals surface area contributed by atoms with Gasteiger partial charge in [0, 0.05) is 12.6 Å². The molecule has 2 aromatic rings. The summed E-state index contributed by atoms with van der Waals surface area (Å²) in [5, 5.41) is 2.61. The number of ether oxygens (including phenoxy) is 1. The number of aryl methyl sites for hydroxylation is 2. The molecule has 0 unspecified atom stereocenters. The van der Waals surface area contributed by atoms with Gasteiger partial charge in [0.15, 0.2) is 11.6 Å². The molecule has 0 aliphatic rings. The molecule has 0 radical (unpaired) electrons. The van der Waals surface area contributed by atoms with Gasteiger partial charge in [-0.05, 0) is 49.2 Å². The minimum absolute atomic E-state index is 0.109. The summed E-state index contributed by atoms with van der Waals surface area (Å²) >= 11 is 0. The number of rotatable bonds is 7. The minimum atomic E-state index is -0.442. The van der Waals surface area contributed by atoms with Crippen LogP contribution in [0.2, 0.25) is 0 Å². The molecule has 2 amide bonds. The van der Waals surface area contributed by atoms with Crippen molar-refractivity contribution < 1.29 is 18.7 Å². The Morgan fingerprint density at radius 1 is 1.12 bits per heavy atom. The lowest BCUT2D eigenvalue weighted by atomic mass is 10.1. The average molecular weight is 358 g/mol. The molecule has 2 rings (SSSR count). The van der Waals surface area contributed by atoms with Gasteiger partial charge in [-0.3, -0.25) is 9.59 Å². The van der Waals surface area contributed by atoms with Crippen LogP contribution in [0.3, 0.4) is 0 Å². The summed E-state index contributed by atoms with van der Waals surface area (Å²) in [7, 11) is 1.61. The molecule has 0 saturated carbocycles. The summed E-state index contributed by atoms with van der Waals surface area (Å²) in [6, 6.07) is 11.5. The van der Waals surface area contributed by atoms with E-state index in [1.165, 1.54) is 17.0 Å². The van der Waals surface area contributed by atoms with Gasteiger partial charge < -0.3 is 15.0 Å². The van der Waals surface area contributed by atoms with Crippen molar-refractivity contribution in [3.63, 3.8) is 0 Å². The Balaban J connectivity index is 1.77. The fraction of sp³-hybridized carbons (Fsp3) is 0.300. The normalized spacial score (nSPS) is 10.3. The number of carbonyl (C=O) groups excluding carboxylic acids is 2. The number of carbonyl (C=O) groups is 2. The van der Waals surface area contributed by atoms with Gasteiger partial charge in [-0.15, -0.1) is 0 Å². The van der Waals surface area contributed by atoms with Crippen LogP contribution >= 0.6 is 0 Å². The molecule has 0 aromatic heterocycles. The van der Waals surface area contributed by atoms with E-state index in [9.17, 15) is 14.0 Å². The number of hydrogen-bond donors (Lipinski definition) is 1. The fourth-order valence-corrected chi connectivity index (χ4v) is 2.25. The summed E-state index contributed by atoms with van der Waals surface area (Å²) in [5.74, 6) is -0.838. The lowest BCUT2D eigenvalue weighted by Crippen LogP contribution is -2.39. The number of nitrogens with zero attached hydrogens (tertiary/aromatic N) is 1. The molecule has 1 N–H and O–H groups in total. The van der Waals surface area contributed by atoms with E-state index in [1.807, 2.05) is 19.9 Å². The van der Waals surface area contributed by atoms with E-state index in [2.05, 4.69) is 5.32 Å². The van der Waals surface area contributed by atoms with Gasteiger partial charge >= 0.3 is 0 Å². The van der Waals surface area contributed by atoms with Gasteiger partial charge in [0.25, 0.3) is 5.91 Å². The minimum Gasteiger partial charge on any atom is -0.489 e. The molecule has 6 heteroatoms. The van der Waals surface area contributed by atoms with Crippen LogP contribution in [0.25, 0.3) is 0 Å². The second-order valence-electron chi connectivity index (χ2n) is 6.08. The summed E-state index contributed by atoms with van der Waals surface area (Å²) in [5.41, 5.74) is 2.64. The number of likely N-dealkylation sites (N-methyl/N-ethyl adjacent to an activating group) is 1. The Labute approximate surface area is 152 Å². The summed E-state index contributed by atoms with van der Waals surface area (Å²) < 4.78 is 18.8. The van der Waals surface area contributed by atoms with Crippen molar-refractivity contribution in [3.05, 3.63) is 65.0 Å². The second kappa shape index (κ2) is 8.99. The number of halogens is 1. The number of amides is 2. The summed E-state index contributed by atoms with van der Waals surface area (Å²) in [6.45, 7) is 4.24. The lowest BCUT2D eigenvalue weighted by molar-refractivity contribution is -0.129. The van der Waals surface area contributed by atoms with Gasteiger partial charge in [-0.1, -0.05) is 18.2 Å². The smallest absolute Gasteiger partial charge is 0.251 e. The van der Waals surface area contributed by atoms with E-state index < -0.39 is 5.82 Å². The van der Waals surface area contributed by atoms with Crippen LogP contribution in [0.5, 0.6) is 5.75 Å². The zero-order valence-electron chi connectivity index (χ0n) is 15.2. The van der Waals surface area contributed by atoms with Crippen LogP contribution in [-0.2, 0) is 4.79 Å². The molecule has 0 atom stereocenters. The van der Waals surface area contributed by atoms with Crippen molar-refractivity contribution in [2.45, 2.75) is 13.8 Å². The number of nitrogens with one attached hydrogen (secondary N) is 1. The first kappa shape index (κ1) is 19.4. The number of para-hydroxylation sites is 1. The molecule has 0 aliphatic heterocycles. The third-order valence-electron chi connectivity index (χ3n) is 4.12. The van der Waals surface area contributed by atoms with E-state index in [4.69, 9.17) is 4.74 Å². The maximum absolute atomic E-state index is 13.4. The first-order chi connectivity index (χ1) is 12.4. The molecule has 0 heterocycles. The van der Waals surface area contributed by atoms with Crippen LogP contribution in [0, 0.1) is 19.7 Å². The molecule has 0 spiro atoms. The standard InChI is InChI=1S/C20H23FN2O3/c1-14-8-9-16(12-15(14)2)20(25)22-13-19(24)23(3)10-11-26-18-7-5-4-6-17(18)21/h4-9,12H,10-11,13H2,1-3H3,(H,22,25). The third-order valence-corrected chi connectivity index (χ3v) is 4.12. The van der Waals surface area contributed by atoms with Crippen LogP contribution in [0.15, 0.2) is 42.5 Å². The highest BCUT2D eigenvalue weighted by Crippen LogP contribution is 2.15. The molecule has 0 bridgehead atoms. The molecule has 0 saturated heterocycles. The first-order valence-electron chi connectivity index (χ1n) is 8.35. The largest absolute Gasteiger partial charge is 0.489 e. The van der Waals surface area contributed by atoms with Crippen LogP contribution in [0.4, 0.5) is 4.39 Å². The van der Waals surface area contributed by atoms with Gasteiger partial charge in [0.2, 0.25) is 5.91 Å². The number of benzene rings is 2. The maximum Gasteiger partial charge on any atom is 0.251 e. The van der Waals surface area contributed by atoms with Crippen molar-refractivity contribution in [1.82, 2.24) is 10.2 Å². The van der Waals surface area contributed by atoms with Crippen molar-refractivity contribution >= 4 is 11.8 Å². The zero-order chi connectivity index (χ0) is 19.1. The summed E-state index contributed by atoms with van der Waals surface area (Å²) in [6.07, 6.45) is 0. The molecular weight excluding hydrogens is 335 g/mol. The van der Waals surface area contributed by atoms with Gasteiger partial charge in [0.1, 0.15) is 6.61 Å². The van der Waals surface area contributed by atoms with Gasteiger partial charge in [-0.2, -0.15) is 0 Å². The SMILES string of the molecule is Cc1ccc(C(=O)NCC(=O)N(C)CCOc2ccccc2F)cc1C. The first-order valence-corrected chi connectivity index (χ1v) is 8.35. The maximum atomic E-state index is 13.4. The Hall–Kier alpha value is -2.89. The van der Waals surface area contributed by atoms with Crippen LogP contribution in [0.1, 0.15) is 21.5 Å². The topological polar surface area (TPSA) is 58.6 Å². The van der Waals surface area contributed by atoms with Gasteiger partial charge in [0.05, 0.1) is 13.1 Å². The Morgan fingerprint density at radius 3 is 2.54 bits per heavy atom. The monoisotopic (exact) mass is 358 g/mol. The third kappa shape index (κ3) is 5.31. The van der Waals surface area contributed by atoms with Crippen molar-refractivity contribution in [3.8, 4) is 5.75 Å². The lowest BCUT2D eigenvalue weighted by Gasteiger charge is -2.18. The predicted octanol–water partition coefficient (Wildman–Crippen LogP) is 2.71. The zero-order valence-corrected chi connectivity index (χ0v) is 15.2. The predicted molar refractivity (Wildman–Crippen MR) is 97.8 cm³/mol. The highest BCUT2D eigenvalue weighted by molar-refractivity contribution is 5.96. The Morgan fingerprint density at radius 2 is 1.85 bits per heavy atom. The Bertz CT molecular complexity index is 792. The number of hydrogen-bond acceptors (Lipinski definition) is 3. The average Bonchev–Trinajstić information content (AvgIpc) is 2.63. The molecule has 0 fully saturated rings. The Kier molecular flexibility index (Phi) is 6.72. The molecule has 0 aliphatic carbocycles. The molecule has 5 nitrogen and oxygen atoms in total. The van der Waals surface area contributed by atoms with Crippen LogP contribution in [-0.4, -0.2) is 43.5 Å². The highest BCUT2D eigenvalue weighted by Gasteiger charge is 2.12. The summed E-state index contributed by atoms with van der Waals surface area (Å²) in [4.78, 5) is 25.6. The van der Waals surface area contributed by atoms with Crippen molar-refractivity contribution in [2.24, 2.45) is 0 Å². The molecular formula is C20H23FN2O3. The van der Waals surface area contributed by atoms with Gasteiger partial charge in [-0.25, -0.2) is 4.39 Å². The fourth-order valence-electron chi connectivity index (χ4n) is 2.25. The van der Waals surface area contributed by atoms with Crippen molar-refractivity contribution in [2.75, 3.05) is 26.7 Å². The second-order valence-corrected chi connectivity index (χ2v) is 6.08. The quantitative estimate of drug-likeness (QED) is 0.828. The molecule has 2 aromatic carbocycles. The molecule has 26 heavy (non-hydrogen) atoms. The van der Waals surface area contributed by atoms with Crippen molar-refractivity contribution in [1.29, 1.82) is 0 Å². The van der Waals surface area contributed by atoms with E-state index in [1.54, 1.807) is 31.3 Å². The van der Waals surface area contributed by atoms with E-state index >= 15 is 0 Å². The van der Waals surface area contributed by atoms with E-state index in [-0.39, 0.29) is 37.3 Å². The van der Waals surface area contributed by atoms with E-state index in [0.717, 1.165) is 11.1 Å². The van der Waals surface area contributed by atoms with Crippen LogP contribution < -0.4 is 10.1 Å².